The summed E-state index contributed by atoms with van der Waals surface area (Å²) in [5.41, 5.74) is 12.1. The normalized spacial score (nSPS) is 12.7. The SMILES string of the molecule is C=C(/C=C\[C](=[W])c1cc(-c2cc(C3=CC=CCC3)nc(-c3ccccc3)c2)cc(-c2ccccn2)c1)c1ccccc1. The van der Waals surface area contributed by atoms with E-state index in [2.05, 4.69) is 110 Å². The van der Waals surface area contributed by atoms with Crippen molar-refractivity contribution in [2.45, 2.75) is 12.8 Å². The van der Waals surface area contributed by atoms with Crippen molar-refractivity contribution >= 4 is 15.0 Å². The fourth-order valence-corrected chi connectivity index (χ4v) is 5.74. The number of benzene rings is 3. The molecule has 0 amide bonds. The van der Waals surface area contributed by atoms with Crippen LogP contribution in [0.1, 0.15) is 29.7 Å². The molecule has 2 aromatic heterocycles. The molecule has 42 heavy (non-hydrogen) atoms. The van der Waals surface area contributed by atoms with Crippen LogP contribution in [0.5, 0.6) is 0 Å². The van der Waals surface area contributed by atoms with Gasteiger partial charge in [0.05, 0.1) is 0 Å². The minimum atomic E-state index is 0.957. The van der Waals surface area contributed by atoms with Gasteiger partial charge in [-0.3, -0.25) is 0 Å². The van der Waals surface area contributed by atoms with Crippen molar-refractivity contribution in [3.8, 4) is 33.6 Å². The van der Waals surface area contributed by atoms with Crippen LogP contribution in [0.4, 0.5) is 0 Å². The second kappa shape index (κ2) is 13.0. The molecule has 0 unspecified atom stereocenters. The molecule has 0 spiro atoms. The van der Waals surface area contributed by atoms with Gasteiger partial charge in [-0.2, -0.15) is 0 Å². The van der Waals surface area contributed by atoms with Crippen molar-refractivity contribution in [1.29, 1.82) is 0 Å². The third kappa shape index (κ3) is 6.51. The molecule has 0 fully saturated rings. The van der Waals surface area contributed by atoms with Crippen molar-refractivity contribution in [3.63, 3.8) is 0 Å². The van der Waals surface area contributed by atoms with Crippen LogP contribution in [0.2, 0.25) is 0 Å². The second-order valence-corrected chi connectivity index (χ2v) is 11.8. The molecule has 1 aliphatic rings. The van der Waals surface area contributed by atoms with Gasteiger partial charge in [0.1, 0.15) is 0 Å². The third-order valence-corrected chi connectivity index (χ3v) is 8.67. The molecule has 0 radical (unpaired) electrons. The molecule has 3 aromatic carbocycles. The molecular formula is C39H30N2W. The molecule has 0 N–H and O–H groups in total. The van der Waals surface area contributed by atoms with E-state index < -0.39 is 0 Å². The minimum absolute atomic E-state index is 0.957. The number of aromatic nitrogens is 2. The Kier molecular flexibility index (Phi) is 8.54. The predicted octanol–water partition coefficient (Wildman–Crippen LogP) is 9.55. The van der Waals surface area contributed by atoms with Gasteiger partial charge < -0.3 is 0 Å². The van der Waals surface area contributed by atoms with Gasteiger partial charge in [-0.15, -0.1) is 0 Å². The molecule has 5 aromatic rings. The first-order chi connectivity index (χ1) is 20.6. The summed E-state index contributed by atoms with van der Waals surface area (Å²) in [6.45, 7) is 4.30. The van der Waals surface area contributed by atoms with E-state index in [4.69, 9.17) is 9.97 Å². The second-order valence-electron chi connectivity index (χ2n) is 10.3. The van der Waals surface area contributed by atoms with Gasteiger partial charge in [0.25, 0.3) is 0 Å². The van der Waals surface area contributed by atoms with Gasteiger partial charge >= 0.3 is 260 Å². The van der Waals surface area contributed by atoms with E-state index >= 15 is 0 Å². The average molecular weight is 711 g/mol. The van der Waals surface area contributed by atoms with Crippen LogP contribution in [-0.2, 0) is 19.4 Å². The van der Waals surface area contributed by atoms with Gasteiger partial charge in [-0.05, 0) is 0 Å². The van der Waals surface area contributed by atoms with Gasteiger partial charge in [0.2, 0.25) is 0 Å². The molecule has 0 atom stereocenters. The average Bonchev–Trinajstić information content (AvgIpc) is 3.08. The number of hydrogen-bond acceptors (Lipinski definition) is 2. The van der Waals surface area contributed by atoms with Gasteiger partial charge in [0.15, 0.2) is 0 Å². The van der Waals surface area contributed by atoms with Crippen LogP contribution in [0.3, 0.4) is 0 Å². The molecule has 2 nitrogen and oxygen atoms in total. The van der Waals surface area contributed by atoms with E-state index in [-0.39, 0.29) is 0 Å². The van der Waals surface area contributed by atoms with Crippen LogP contribution < -0.4 is 0 Å². The Bertz CT molecular complexity index is 1830. The first-order valence-electron chi connectivity index (χ1n) is 14.1. The summed E-state index contributed by atoms with van der Waals surface area (Å²) in [6.07, 6.45) is 14.8. The van der Waals surface area contributed by atoms with Crippen LogP contribution in [0, 0.1) is 0 Å². The molecule has 0 aliphatic heterocycles. The Morgan fingerprint density at radius 3 is 2.12 bits per heavy atom. The number of nitrogens with zero attached hydrogens (tertiary/aromatic N) is 2. The zero-order chi connectivity index (χ0) is 28.7. The standard InChI is InChI=1S/C39H30N2.W/c1-29(31-16-5-2-6-17-31)14-13-15-30-24-34(26-36(25-30)37-22-11-12-23-40-37)35-27-38(32-18-7-3-8-19-32)41-39(28-35)33-20-9-4-10-21-33;/h2-9,11-14,16-20,22-28H,1,10,21H2;/b14-13-;. The first kappa shape index (κ1) is 27.6. The Morgan fingerprint density at radius 1 is 0.667 bits per heavy atom. The molecule has 3 heteroatoms. The van der Waals surface area contributed by atoms with Crippen LogP contribution in [0.25, 0.3) is 44.8 Å². The maximum atomic E-state index is 5.13. The molecule has 202 valence electrons. The van der Waals surface area contributed by atoms with Crippen molar-refractivity contribution in [2.75, 3.05) is 0 Å². The number of rotatable bonds is 8. The molecule has 6 rings (SSSR count). The Balaban J connectivity index is 1.46. The fourth-order valence-electron chi connectivity index (χ4n) is 5.07. The summed E-state index contributed by atoms with van der Waals surface area (Å²) < 4.78 is 1.24. The van der Waals surface area contributed by atoms with Gasteiger partial charge in [0, 0.05) is 0 Å². The number of allylic oxidation sites excluding steroid dienone is 7. The van der Waals surface area contributed by atoms with Crippen molar-refractivity contribution in [2.24, 2.45) is 0 Å². The Labute approximate surface area is 259 Å². The van der Waals surface area contributed by atoms with Crippen LogP contribution in [0.15, 0.2) is 152 Å². The van der Waals surface area contributed by atoms with E-state index in [0.29, 0.717) is 0 Å². The van der Waals surface area contributed by atoms with Crippen molar-refractivity contribution < 1.29 is 19.4 Å². The summed E-state index contributed by atoms with van der Waals surface area (Å²) in [4.78, 5) is 9.82. The molecule has 2 heterocycles. The monoisotopic (exact) mass is 710 g/mol. The zero-order valence-corrected chi connectivity index (χ0v) is 26.2. The number of pyridine rings is 2. The first-order valence-corrected chi connectivity index (χ1v) is 15.6. The topological polar surface area (TPSA) is 25.8 Å². The van der Waals surface area contributed by atoms with Crippen LogP contribution >= 0.6 is 0 Å². The summed E-state index contributed by atoms with van der Waals surface area (Å²) in [7, 11) is 0. The van der Waals surface area contributed by atoms with E-state index in [1.807, 2.05) is 42.6 Å². The van der Waals surface area contributed by atoms with Crippen molar-refractivity contribution in [3.05, 3.63) is 169 Å². The Morgan fingerprint density at radius 2 is 1.38 bits per heavy atom. The maximum absolute atomic E-state index is 5.13. The molecular weight excluding hydrogens is 680 g/mol. The summed E-state index contributed by atoms with van der Waals surface area (Å²) in [6, 6.07) is 38.1. The zero-order valence-electron chi connectivity index (χ0n) is 23.3. The molecule has 0 saturated heterocycles. The van der Waals surface area contributed by atoms with Crippen LogP contribution in [-0.4, -0.2) is 13.9 Å². The van der Waals surface area contributed by atoms with Gasteiger partial charge in [-0.1, -0.05) is 0 Å². The molecule has 0 bridgehead atoms. The molecule has 0 saturated carbocycles. The third-order valence-electron chi connectivity index (χ3n) is 7.33. The quantitative estimate of drug-likeness (QED) is 0.150. The molecule has 1 aliphatic carbocycles. The summed E-state index contributed by atoms with van der Waals surface area (Å²) in [5, 5.41) is 0. The Hall–Kier alpha value is -4.52. The van der Waals surface area contributed by atoms with E-state index in [9.17, 15) is 0 Å². The van der Waals surface area contributed by atoms with E-state index in [1.54, 1.807) is 0 Å². The number of hydrogen-bond donors (Lipinski definition) is 0. The van der Waals surface area contributed by atoms with E-state index in [0.717, 1.165) is 63.3 Å². The van der Waals surface area contributed by atoms with E-state index in [1.165, 1.54) is 34.4 Å². The summed E-state index contributed by atoms with van der Waals surface area (Å²) >= 11 is 1.39. The predicted molar refractivity (Wildman–Crippen MR) is 173 cm³/mol. The van der Waals surface area contributed by atoms with Gasteiger partial charge in [-0.25, -0.2) is 0 Å². The van der Waals surface area contributed by atoms with Crippen molar-refractivity contribution in [1.82, 2.24) is 9.97 Å². The fraction of sp³-hybridized carbons (Fsp3) is 0.0513. The summed E-state index contributed by atoms with van der Waals surface area (Å²) in [5.74, 6) is 0.